The monoisotopic (exact) mass is 588 g/mol. The van der Waals surface area contributed by atoms with Crippen LogP contribution in [-0.2, 0) is 29.8 Å². The van der Waals surface area contributed by atoms with Crippen LogP contribution in [0, 0.1) is 0 Å². The number of hydrogen-bond donors (Lipinski definition) is 4. The summed E-state index contributed by atoms with van der Waals surface area (Å²) in [5.74, 6) is -1.11. The van der Waals surface area contributed by atoms with Gasteiger partial charge in [-0.05, 0) is 54.4 Å². The molecule has 0 fully saturated rings. The van der Waals surface area contributed by atoms with Crippen molar-refractivity contribution in [2.75, 3.05) is 18.2 Å². The summed E-state index contributed by atoms with van der Waals surface area (Å²) in [7, 11) is -8.07. The molecule has 0 saturated heterocycles. The Hall–Kier alpha value is -4.44. The van der Waals surface area contributed by atoms with Gasteiger partial charge in [-0.25, -0.2) is 0 Å². The second-order valence-corrected chi connectivity index (χ2v) is 11.0. The number of methoxy groups -OCH3 is 1. The van der Waals surface area contributed by atoms with Gasteiger partial charge >= 0.3 is 0 Å². The molecular formula is C25H24N4O9S2. The van der Waals surface area contributed by atoms with Crippen LogP contribution in [0.5, 0.6) is 5.75 Å². The Kier molecular flexibility index (Phi) is 9.16. The summed E-state index contributed by atoms with van der Waals surface area (Å²) in [6.07, 6.45) is 2.38. The van der Waals surface area contributed by atoms with Gasteiger partial charge < -0.3 is 15.8 Å². The first-order chi connectivity index (χ1) is 18.7. The van der Waals surface area contributed by atoms with Gasteiger partial charge in [0.05, 0.1) is 18.5 Å². The molecule has 15 heteroatoms. The van der Waals surface area contributed by atoms with Gasteiger partial charge in [0.1, 0.15) is 15.5 Å². The molecule has 5 N–H and O–H groups in total. The normalized spacial score (nSPS) is 12.9. The number of anilines is 2. The van der Waals surface area contributed by atoms with Gasteiger partial charge in [-0.15, -0.1) is 0 Å². The Morgan fingerprint density at radius 3 is 2.08 bits per heavy atom. The molecule has 0 radical (unpaired) electrons. The van der Waals surface area contributed by atoms with Crippen molar-refractivity contribution in [3.8, 4) is 5.75 Å². The molecule has 0 bridgehead atoms. The van der Waals surface area contributed by atoms with Gasteiger partial charge in [0.15, 0.2) is 5.78 Å². The third-order valence-electron chi connectivity index (χ3n) is 5.32. The highest BCUT2D eigenvalue weighted by atomic mass is 32.2. The van der Waals surface area contributed by atoms with Crippen molar-refractivity contribution >= 4 is 61.1 Å². The number of amides is 1. The first-order valence-electron chi connectivity index (χ1n) is 11.2. The molecular weight excluding hydrogens is 564 g/mol. The number of para-hydroxylation sites is 2. The first kappa shape index (κ1) is 30.1. The third kappa shape index (κ3) is 7.57. The molecule has 0 aromatic heterocycles. The van der Waals surface area contributed by atoms with E-state index in [9.17, 15) is 35.5 Å². The van der Waals surface area contributed by atoms with Crippen LogP contribution >= 0.6 is 0 Å². The van der Waals surface area contributed by atoms with Crippen molar-refractivity contribution in [1.82, 2.24) is 0 Å². The molecule has 0 aliphatic carbocycles. The fourth-order valence-electron chi connectivity index (χ4n) is 3.43. The second kappa shape index (κ2) is 12.2. The Labute approximate surface area is 229 Å². The average molecular weight is 589 g/mol. The average Bonchev–Trinajstić information content (AvgIpc) is 2.87. The number of rotatable bonds is 10. The molecule has 1 amide bonds. The van der Waals surface area contributed by atoms with Crippen molar-refractivity contribution in [3.63, 3.8) is 0 Å². The van der Waals surface area contributed by atoms with E-state index in [0.717, 1.165) is 19.1 Å². The van der Waals surface area contributed by atoms with E-state index in [-0.39, 0.29) is 22.5 Å². The van der Waals surface area contributed by atoms with E-state index in [1.54, 1.807) is 24.3 Å². The number of carbonyl (C=O) groups excluding carboxylic acids is 2. The van der Waals surface area contributed by atoms with Crippen molar-refractivity contribution in [2.45, 2.75) is 22.8 Å². The number of nitrogens with one attached hydrogen (secondary N) is 1. The number of ketones is 1. The largest absolute Gasteiger partial charge is 0.495 e. The molecule has 0 aliphatic heterocycles. The predicted octanol–water partition coefficient (Wildman–Crippen LogP) is 3.62. The molecule has 3 aromatic carbocycles. The number of carbonyl (C=O) groups is 2. The molecule has 3 rings (SSSR count). The van der Waals surface area contributed by atoms with Crippen LogP contribution in [0.25, 0.3) is 12.2 Å². The van der Waals surface area contributed by atoms with Crippen LogP contribution in [0.2, 0.25) is 0 Å². The van der Waals surface area contributed by atoms with Gasteiger partial charge in [-0.3, -0.25) is 18.7 Å². The summed E-state index contributed by atoms with van der Waals surface area (Å²) in [4.78, 5) is 23.7. The summed E-state index contributed by atoms with van der Waals surface area (Å²) in [6.45, 7) is 1.13. The van der Waals surface area contributed by atoms with Crippen molar-refractivity contribution < 1.29 is 40.3 Å². The lowest BCUT2D eigenvalue weighted by Crippen LogP contribution is -2.31. The van der Waals surface area contributed by atoms with Crippen molar-refractivity contribution in [1.29, 1.82) is 0 Å². The van der Waals surface area contributed by atoms with Gasteiger partial charge in [-0.2, -0.15) is 27.1 Å². The molecule has 1 atom stereocenters. The summed E-state index contributed by atoms with van der Waals surface area (Å²) in [5.41, 5.74) is 5.75. The topological polar surface area (TPSA) is 215 Å². The number of benzene rings is 3. The Morgan fingerprint density at radius 1 is 0.925 bits per heavy atom. The minimum absolute atomic E-state index is 0.00730. The Balaban J connectivity index is 1.94. The minimum Gasteiger partial charge on any atom is -0.495 e. The highest BCUT2D eigenvalue weighted by molar-refractivity contribution is 7.86. The Morgan fingerprint density at radius 2 is 1.50 bits per heavy atom. The molecule has 40 heavy (non-hydrogen) atoms. The van der Waals surface area contributed by atoms with Gasteiger partial charge in [0.25, 0.3) is 26.1 Å². The summed E-state index contributed by atoms with van der Waals surface area (Å²) in [6, 6.07) is 12.1. The van der Waals surface area contributed by atoms with Crippen molar-refractivity contribution in [3.05, 3.63) is 71.8 Å². The standard InChI is InChI=1S/C25H24N4O9S2/c1-15(30)24(25(31)27-20-5-3-4-6-21(20)38-2)29-28-19-12-10-17(23(14-19)40(35,36)37)8-7-16-9-11-18(26)13-22(16)39(32,33)34/h3-14,24H,26H2,1-2H3,(H,27,31)(H,32,33,34)(H,35,36,37)/b8-7+,29-28?. The quantitative estimate of drug-likeness (QED) is 0.0886. The molecule has 210 valence electrons. The summed E-state index contributed by atoms with van der Waals surface area (Å²) in [5, 5.41) is 10.1. The SMILES string of the molecule is COc1ccccc1NC(=O)C(N=Nc1ccc(/C=C/c2ccc(N)cc2S(=O)(=O)O)c(S(=O)(=O)O)c1)C(C)=O. The third-order valence-corrected chi connectivity index (χ3v) is 7.14. The maximum Gasteiger partial charge on any atom is 0.295 e. The maximum atomic E-state index is 12.7. The number of Topliss-reactive ketones (excluding diaryl/α,β-unsaturated/α-hetero) is 1. The molecule has 0 saturated carbocycles. The maximum absolute atomic E-state index is 12.7. The Bertz CT molecular complexity index is 1730. The number of nitrogen functional groups attached to an aromatic ring is 1. The fourth-order valence-corrected chi connectivity index (χ4v) is 4.85. The number of nitrogens with zero attached hydrogens (tertiary/aromatic N) is 2. The molecule has 3 aromatic rings. The smallest absolute Gasteiger partial charge is 0.295 e. The highest BCUT2D eigenvalue weighted by Crippen LogP contribution is 2.27. The molecule has 1 unspecified atom stereocenters. The zero-order valence-corrected chi connectivity index (χ0v) is 22.7. The zero-order chi connectivity index (χ0) is 29.7. The van der Waals surface area contributed by atoms with Gasteiger partial charge in [0.2, 0.25) is 6.04 Å². The lowest BCUT2D eigenvalue weighted by molar-refractivity contribution is -0.126. The lowest BCUT2D eigenvalue weighted by Gasteiger charge is -2.12. The van der Waals surface area contributed by atoms with E-state index in [1.165, 1.54) is 43.5 Å². The van der Waals surface area contributed by atoms with E-state index in [2.05, 4.69) is 15.5 Å². The highest BCUT2D eigenvalue weighted by Gasteiger charge is 2.24. The van der Waals surface area contributed by atoms with Gasteiger partial charge in [0, 0.05) is 5.69 Å². The van der Waals surface area contributed by atoms with E-state index >= 15 is 0 Å². The van der Waals surface area contributed by atoms with Crippen molar-refractivity contribution in [2.24, 2.45) is 10.2 Å². The predicted molar refractivity (Wildman–Crippen MR) is 146 cm³/mol. The van der Waals surface area contributed by atoms with Crippen LogP contribution < -0.4 is 15.8 Å². The van der Waals surface area contributed by atoms with E-state index in [4.69, 9.17) is 10.5 Å². The second-order valence-electron chi connectivity index (χ2n) is 8.22. The van der Waals surface area contributed by atoms with E-state index in [0.29, 0.717) is 11.4 Å². The van der Waals surface area contributed by atoms with Crippen LogP contribution in [0.3, 0.4) is 0 Å². The number of ether oxygens (including phenoxy) is 1. The number of nitrogens with two attached hydrogens (primary N) is 1. The van der Waals surface area contributed by atoms with Crippen LogP contribution in [0.15, 0.2) is 80.7 Å². The number of azo groups is 1. The molecule has 0 spiro atoms. The van der Waals surface area contributed by atoms with Crippen LogP contribution in [-0.4, -0.2) is 50.8 Å². The van der Waals surface area contributed by atoms with Crippen LogP contribution in [0.1, 0.15) is 18.1 Å². The van der Waals surface area contributed by atoms with E-state index < -0.39 is 47.8 Å². The number of hydrogen-bond acceptors (Lipinski definition) is 10. The molecule has 0 aliphatic rings. The van der Waals surface area contributed by atoms with Gasteiger partial charge in [-0.1, -0.05) is 36.4 Å². The summed E-state index contributed by atoms with van der Waals surface area (Å²) >= 11 is 0. The lowest BCUT2D eigenvalue weighted by atomic mass is 10.1. The molecule has 0 heterocycles. The van der Waals surface area contributed by atoms with E-state index in [1.807, 2.05) is 0 Å². The first-order valence-corrected chi connectivity index (χ1v) is 14.1. The fraction of sp³-hybridized carbons (Fsp3) is 0.120. The summed E-state index contributed by atoms with van der Waals surface area (Å²) < 4.78 is 71.9. The minimum atomic E-state index is -4.83. The zero-order valence-electron chi connectivity index (χ0n) is 21.0. The van der Waals surface area contributed by atoms with Crippen LogP contribution in [0.4, 0.5) is 17.1 Å². The molecule has 13 nitrogen and oxygen atoms in total.